The van der Waals surface area contributed by atoms with Crippen molar-refractivity contribution in [2.24, 2.45) is 10.8 Å². The maximum atomic E-state index is 12.6. The number of carbonyl (C=O) groups excluding carboxylic acids is 2. The maximum Gasteiger partial charge on any atom is 0.320 e. The van der Waals surface area contributed by atoms with Crippen molar-refractivity contribution in [3.05, 3.63) is 0 Å². The Bertz CT molecular complexity index is 461. The summed E-state index contributed by atoms with van der Waals surface area (Å²) in [7, 11) is 0. The molecule has 0 saturated carbocycles. The van der Waals surface area contributed by atoms with Crippen molar-refractivity contribution < 1.29 is 24.6 Å². The van der Waals surface area contributed by atoms with Crippen LogP contribution < -0.4 is 5.32 Å². The Kier molecular flexibility index (Phi) is 7.90. The number of alkyl halides is 1. The lowest BCUT2D eigenvalue weighted by molar-refractivity contribution is -0.142. The number of halogens is 1. The molecule has 0 fully saturated rings. The van der Waals surface area contributed by atoms with Crippen LogP contribution in [0.25, 0.3) is 0 Å². The summed E-state index contributed by atoms with van der Waals surface area (Å²) >= 11 is 3.17. The van der Waals surface area contributed by atoms with E-state index < -0.39 is 21.1 Å². The number of carboxylic acids is 1. The van der Waals surface area contributed by atoms with Gasteiger partial charge in [-0.1, -0.05) is 43.6 Å². The van der Waals surface area contributed by atoms with E-state index in [0.29, 0.717) is 6.42 Å². The molecule has 0 aromatic rings. The molecule has 0 aliphatic rings. The zero-order valence-electron chi connectivity index (χ0n) is 14.5. The van der Waals surface area contributed by atoms with Crippen molar-refractivity contribution in [1.29, 1.82) is 0 Å². The molecule has 7 heteroatoms. The van der Waals surface area contributed by atoms with Crippen LogP contribution in [-0.2, 0) is 14.4 Å². The molecule has 0 radical (unpaired) electrons. The number of amides is 1. The molecule has 0 aliphatic carbocycles. The average molecular weight is 394 g/mol. The normalized spacial score (nSPS) is 17.0. The highest BCUT2D eigenvalue weighted by Crippen LogP contribution is 2.43. The van der Waals surface area contributed by atoms with Crippen molar-refractivity contribution >= 4 is 33.6 Å². The van der Waals surface area contributed by atoms with E-state index >= 15 is 0 Å². The second kappa shape index (κ2) is 8.24. The first-order valence-corrected chi connectivity index (χ1v) is 8.46. The van der Waals surface area contributed by atoms with Gasteiger partial charge in [0.25, 0.3) is 0 Å². The van der Waals surface area contributed by atoms with E-state index in [-0.39, 0.29) is 37.7 Å². The van der Waals surface area contributed by atoms with Gasteiger partial charge in [-0.15, -0.1) is 0 Å². The summed E-state index contributed by atoms with van der Waals surface area (Å²) in [6, 6.07) is 0. The first kappa shape index (κ1) is 22.1. The van der Waals surface area contributed by atoms with Crippen molar-refractivity contribution in [2.75, 3.05) is 13.2 Å². The molecular weight excluding hydrogens is 366 g/mol. The predicted octanol–water partition coefficient (Wildman–Crippen LogP) is 2.12. The fraction of sp³-hybridized carbons (Fsp3) is 0.812. The molecule has 0 bridgehead atoms. The Balaban J connectivity index is 5.58. The number of aliphatic carboxylic acids is 1. The lowest BCUT2D eigenvalue weighted by atomic mass is 9.67. The molecule has 1 amide bonds. The highest BCUT2D eigenvalue weighted by atomic mass is 79.9. The highest BCUT2D eigenvalue weighted by Gasteiger charge is 2.47. The lowest BCUT2D eigenvalue weighted by Crippen LogP contribution is -2.48. The molecule has 0 aromatic heterocycles. The fourth-order valence-electron chi connectivity index (χ4n) is 2.97. The van der Waals surface area contributed by atoms with Gasteiger partial charge in [0.15, 0.2) is 0 Å². The Hall–Kier alpha value is -0.950. The number of ketones is 1. The predicted molar refractivity (Wildman–Crippen MR) is 91.5 cm³/mol. The number of aliphatic hydroxyl groups excluding tert-OH is 1. The molecule has 0 rings (SSSR count). The van der Waals surface area contributed by atoms with E-state index in [1.165, 1.54) is 6.92 Å². The van der Waals surface area contributed by atoms with E-state index in [0.717, 1.165) is 0 Å². The monoisotopic (exact) mass is 393 g/mol. The lowest BCUT2D eigenvalue weighted by Gasteiger charge is -2.38. The summed E-state index contributed by atoms with van der Waals surface area (Å²) in [6.45, 7) is 8.32. The molecule has 0 aliphatic heterocycles. The van der Waals surface area contributed by atoms with E-state index in [9.17, 15) is 19.5 Å². The zero-order valence-corrected chi connectivity index (χ0v) is 16.1. The number of aliphatic hydroxyl groups is 1. The topological polar surface area (TPSA) is 104 Å². The van der Waals surface area contributed by atoms with Gasteiger partial charge in [0.05, 0.1) is 6.61 Å². The molecule has 0 spiro atoms. The van der Waals surface area contributed by atoms with Crippen LogP contribution in [0.1, 0.15) is 53.9 Å². The Morgan fingerprint density at radius 2 is 1.61 bits per heavy atom. The number of rotatable bonds is 10. The third-order valence-corrected chi connectivity index (χ3v) is 4.64. The van der Waals surface area contributed by atoms with Crippen LogP contribution >= 0.6 is 15.9 Å². The van der Waals surface area contributed by atoms with Crippen LogP contribution in [0, 0.1) is 10.8 Å². The largest absolute Gasteiger partial charge is 0.480 e. The minimum absolute atomic E-state index is 0.0188. The first-order valence-electron chi connectivity index (χ1n) is 7.67. The molecule has 6 nitrogen and oxygen atoms in total. The SMILES string of the molecule is CCC(=O)C(C)(C)CC(C)(CC(C)(Br)C(=O)O)C(=O)NCCO. The number of hydrogen-bond donors (Lipinski definition) is 3. The first-order chi connectivity index (χ1) is 10.3. The third kappa shape index (κ3) is 6.22. The zero-order chi connectivity index (χ0) is 18.5. The van der Waals surface area contributed by atoms with Crippen LogP contribution in [0.3, 0.4) is 0 Å². The van der Waals surface area contributed by atoms with Gasteiger partial charge >= 0.3 is 5.97 Å². The minimum atomic E-state index is -1.29. The summed E-state index contributed by atoms with van der Waals surface area (Å²) in [6.07, 6.45) is 0.595. The molecule has 0 aromatic carbocycles. The summed E-state index contributed by atoms with van der Waals surface area (Å²) in [5.74, 6) is -1.42. The molecule has 0 saturated heterocycles. The van der Waals surface area contributed by atoms with Gasteiger partial charge in [-0.25, -0.2) is 0 Å². The molecular formula is C16H28BrNO5. The number of nitrogens with one attached hydrogen (secondary N) is 1. The van der Waals surface area contributed by atoms with Gasteiger partial charge < -0.3 is 15.5 Å². The van der Waals surface area contributed by atoms with Crippen molar-refractivity contribution in [3.63, 3.8) is 0 Å². The van der Waals surface area contributed by atoms with Crippen LogP contribution in [0.2, 0.25) is 0 Å². The molecule has 23 heavy (non-hydrogen) atoms. The Morgan fingerprint density at radius 3 is 2.00 bits per heavy atom. The molecule has 2 unspecified atom stereocenters. The summed E-state index contributed by atoms with van der Waals surface area (Å²) in [4.78, 5) is 36.1. The van der Waals surface area contributed by atoms with Crippen molar-refractivity contribution in [3.8, 4) is 0 Å². The quantitative estimate of drug-likeness (QED) is 0.493. The molecule has 134 valence electrons. The van der Waals surface area contributed by atoms with E-state index in [1.807, 2.05) is 0 Å². The van der Waals surface area contributed by atoms with Gasteiger partial charge in [0.1, 0.15) is 10.1 Å². The van der Waals surface area contributed by atoms with Crippen LogP contribution in [-0.4, -0.2) is 45.3 Å². The number of carboxylic acid groups (broad SMARTS) is 1. The maximum absolute atomic E-state index is 12.6. The van der Waals surface area contributed by atoms with E-state index in [2.05, 4.69) is 21.2 Å². The van der Waals surface area contributed by atoms with Gasteiger partial charge in [0.2, 0.25) is 5.91 Å². The average Bonchev–Trinajstić information content (AvgIpc) is 2.41. The number of hydrogen-bond acceptors (Lipinski definition) is 4. The van der Waals surface area contributed by atoms with Crippen LogP contribution in [0.4, 0.5) is 0 Å². The number of carbonyl (C=O) groups is 3. The smallest absolute Gasteiger partial charge is 0.320 e. The van der Waals surface area contributed by atoms with E-state index in [4.69, 9.17) is 5.11 Å². The minimum Gasteiger partial charge on any atom is -0.480 e. The van der Waals surface area contributed by atoms with Gasteiger partial charge in [-0.2, -0.15) is 0 Å². The fourth-order valence-corrected chi connectivity index (χ4v) is 3.59. The molecule has 2 atom stereocenters. The van der Waals surface area contributed by atoms with Crippen molar-refractivity contribution in [2.45, 2.75) is 58.2 Å². The Morgan fingerprint density at radius 1 is 1.09 bits per heavy atom. The van der Waals surface area contributed by atoms with E-state index in [1.54, 1.807) is 27.7 Å². The third-order valence-electron chi connectivity index (χ3n) is 4.02. The van der Waals surface area contributed by atoms with Gasteiger partial charge in [0, 0.05) is 23.8 Å². The second-order valence-corrected chi connectivity index (χ2v) is 8.81. The van der Waals surface area contributed by atoms with Crippen LogP contribution in [0.5, 0.6) is 0 Å². The second-order valence-electron chi connectivity index (χ2n) is 7.06. The number of Topliss-reactive ketones (excluding diaryl/α,β-unsaturated/α-hetero) is 1. The summed E-state index contributed by atoms with van der Waals surface area (Å²) in [5.41, 5.74) is -1.82. The van der Waals surface area contributed by atoms with Gasteiger partial charge in [-0.05, 0) is 19.8 Å². The standard InChI is InChI=1S/C16H28BrNO5/c1-6-11(20)14(2,3)9-15(4,12(21)18-7-8-19)10-16(5,17)13(22)23/h19H,6-10H2,1-5H3,(H,18,21)(H,22,23). The van der Waals surface area contributed by atoms with Crippen molar-refractivity contribution in [1.82, 2.24) is 5.32 Å². The van der Waals surface area contributed by atoms with Gasteiger partial charge in [-0.3, -0.25) is 14.4 Å². The van der Waals surface area contributed by atoms with Crippen LogP contribution in [0.15, 0.2) is 0 Å². The highest BCUT2D eigenvalue weighted by molar-refractivity contribution is 9.10. The summed E-state index contributed by atoms with van der Waals surface area (Å²) < 4.78 is -1.29. The molecule has 0 heterocycles. The summed E-state index contributed by atoms with van der Waals surface area (Å²) in [5, 5.41) is 20.8. The Labute approximate surface area is 146 Å². The molecule has 3 N–H and O–H groups in total.